The number of nitrogens with zero attached hydrogens (tertiary/aromatic N) is 1. The number of aliphatic imine (C=N–C) groups is 1. The van der Waals surface area contributed by atoms with Crippen LogP contribution >= 0.6 is 35.0 Å². The molecule has 162 valence electrons. The monoisotopic (exact) mass is 482 g/mol. The van der Waals surface area contributed by atoms with E-state index in [1.54, 1.807) is 12.1 Å². The normalized spacial score (nSPS) is 15.9. The van der Waals surface area contributed by atoms with E-state index in [1.807, 2.05) is 60.7 Å². The smallest absolute Gasteiger partial charge is 0.264 e. The molecule has 0 radical (unpaired) electrons. The van der Waals surface area contributed by atoms with Crippen molar-refractivity contribution < 1.29 is 9.53 Å². The van der Waals surface area contributed by atoms with Crippen LogP contribution in [0.1, 0.15) is 23.6 Å². The molecule has 7 heteroatoms. The molecule has 1 fully saturated rings. The average Bonchev–Trinajstić information content (AvgIpc) is 3.13. The molecule has 3 aromatic rings. The maximum Gasteiger partial charge on any atom is 0.264 e. The first-order valence-electron chi connectivity index (χ1n) is 10.1. The van der Waals surface area contributed by atoms with E-state index in [9.17, 15) is 4.79 Å². The summed E-state index contributed by atoms with van der Waals surface area (Å²) >= 11 is 13.5. The second-order valence-corrected chi connectivity index (χ2v) is 8.94. The first-order valence-corrected chi connectivity index (χ1v) is 11.6. The van der Waals surface area contributed by atoms with Gasteiger partial charge in [-0.15, -0.1) is 0 Å². The number of ether oxygens (including phenoxy) is 1. The van der Waals surface area contributed by atoms with Crippen LogP contribution in [0, 0.1) is 0 Å². The second kappa shape index (κ2) is 10.3. The maximum absolute atomic E-state index is 12.5. The molecule has 4 nitrogen and oxygen atoms in total. The fourth-order valence-corrected chi connectivity index (χ4v) is 4.37. The number of thioether (sulfide) groups is 1. The van der Waals surface area contributed by atoms with Gasteiger partial charge in [0.25, 0.3) is 5.91 Å². The molecule has 32 heavy (non-hydrogen) atoms. The Bertz CT molecular complexity index is 1210. The van der Waals surface area contributed by atoms with Crippen molar-refractivity contribution >= 4 is 57.8 Å². The molecule has 1 aliphatic rings. The van der Waals surface area contributed by atoms with E-state index < -0.39 is 0 Å². The van der Waals surface area contributed by atoms with Crippen molar-refractivity contribution in [1.82, 2.24) is 5.32 Å². The van der Waals surface area contributed by atoms with Gasteiger partial charge in [-0.2, -0.15) is 0 Å². The Morgan fingerprint density at radius 1 is 1.06 bits per heavy atom. The summed E-state index contributed by atoms with van der Waals surface area (Å²) in [5.74, 6) is 0.467. The van der Waals surface area contributed by atoms with Gasteiger partial charge in [0, 0.05) is 21.2 Å². The van der Waals surface area contributed by atoms with Crippen molar-refractivity contribution in [2.24, 2.45) is 4.99 Å². The highest BCUT2D eigenvalue weighted by Gasteiger charge is 2.24. The minimum atomic E-state index is -0.186. The Kier molecular flexibility index (Phi) is 7.20. The van der Waals surface area contributed by atoms with Gasteiger partial charge < -0.3 is 10.1 Å². The number of hydrogen-bond acceptors (Lipinski definition) is 4. The van der Waals surface area contributed by atoms with Crippen LogP contribution in [0.2, 0.25) is 10.0 Å². The second-order valence-electron chi connectivity index (χ2n) is 7.06. The highest BCUT2D eigenvalue weighted by Crippen LogP contribution is 2.31. The van der Waals surface area contributed by atoms with E-state index in [0.717, 1.165) is 23.2 Å². The largest absolute Gasteiger partial charge is 0.488 e. The molecule has 3 aromatic carbocycles. The zero-order valence-electron chi connectivity index (χ0n) is 17.3. The SMILES string of the molecule is CCc1ccc(N=C2NC(=O)/C(=C/c3ccccc3OCc3ccc(Cl)cc3Cl)S2)cc1. The maximum atomic E-state index is 12.5. The highest BCUT2D eigenvalue weighted by molar-refractivity contribution is 8.18. The zero-order valence-corrected chi connectivity index (χ0v) is 19.6. The van der Waals surface area contributed by atoms with Crippen molar-refractivity contribution in [3.05, 3.63) is 98.4 Å². The molecule has 0 atom stereocenters. The molecule has 0 saturated carbocycles. The van der Waals surface area contributed by atoms with Crippen LogP contribution < -0.4 is 10.1 Å². The van der Waals surface area contributed by atoms with E-state index >= 15 is 0 Å². The summed E-state index contributed by atoms with van der Waals surface area (Å²) in [6.07, 6.45) is 2.78. The van der Waals surface area contributed by atoms with Gasteiger partial charge in [-0.1, -0.05) is 66.5 Å². The lowest BCUT2D eigenvalue weighted by Gasteiger charge is -2.11. The third-order valence-corrected chi connectivity index (χ3v) is 6.33. The fourth-order valence-electron chi connectivity index (χ4n) is 3.07. The number of amidine groups is 1. The average molecular weight is 483 g/mol. The molecule has 0 spiro atoms. The van der Waals surface area contributed by atoms with Gasteiger partial charge in [0.1, 0.15) is 12.4 Å². The molecule has 1 amide bonds. The summed E-state index contributed by atoms with van der Waals surface area (Å²) in [4.78, 5) is 17.6. The topological polar surface area (TPSA) is 50.7 Å². The van der Waals surface area contributed by atoms with Gasteiger partial charge in [-0.25, -0.2) is 4.99 Å². The Labute approximate surface area is 201 Å². The Balaban J connectivity index is 1.51. The minimum absolute atomic E-state index is 0.186. The molecule has 0 bridgehead atoms. The van der Waals surface area contributed by atoms with E-state index in [2.05, 4.69) is 17.2 Å². The highest BCUT2D eigenvalue weighted by atomic mass is 35.5. The van der Waals surface area contributed by atoms with Crippen LogP contribution in [0.25, 0.3) is 6.08 Å². The van der Waals surface area contributed by atoms with Crippen molar-refractivity contribution in [2.45, 2.75) is 20.0 Å². The minimum Gasteiger partial charge on any atom is -0.488 e. The third kappa shape index (κ3) is 5.54. The van der Waals surface area contributed by atoms with Crippen LogP contribution in [0.15, 0.2) is 76.6 Å². The molecule has 1 N–H and O–H groups in total. The molecule has 1 saturated heterocycles. The number of amides is 1. The number of rotatable bonds is 6. The number of nitrogens with one attached hydrogen (secondary N) is 1. The van der Waals surface area contributed by atoms with Crippen LogP contribution in [0.4, 0.5) is 5.69 Å². The van der Waals surface area contributed by atoms with Gasteiger partial charge >= 0.3 is 0 Å². The number of carbonyl (C=O) groups is 1. The number of benzene rings is 3. The fraction of sp³-hybridized carbons (Fsp3) is 0.120. The molecule has 0 aromatic heterocycles. The summed E-state index contributed by atoms with van der Waals surface area (Å²) in [6, 6.07) is 20.8. The quantitative estimate of drug-likeness (QED) is 0.383. The van der Waals surface area contributed by atoms with Crippen LogP contribution in [-0.4, -0.2) is 11.1 Å². The van der Waals surface area contributed by atoms with Gasteiger partial charge in [0.05, 0.1) is 10.6 Å². The van der Waals surface area contributed by atoms with Crippen molar-refractivity contribution in [3.63, 3.8) is 0 Å². The standard InChI is InChI=1S/C25H20Cl2N2O2S/c1-2-16-7-11-20(12-8-16)28-25-29-24(30)23(32-25)13-17-5-3-4-6-22(17)31-15-18-9-10-19(26)14-21(18)27/h3-14H,2,15H2,1H3,(H,28,29,30)/b23-13-. The van der Waals surface area contributed by atoms with Crippen molar-refractivity contribution in [2.75, 3.05) is 0 Å². The lowest BCUT2D eigenvalue weighted by Crippen LogP contribution is -2.19. The summed E-state index contributed by atoms with van der Waals surface area (Å²) in [7, 11) is 0. The molecular formula is C25H20Cl2N2O2S. The van der Waals surface area contributed by atoms with Crippen LogP contribution in [-0.2, 0) is 17.8 Å². The molecule has 0 unspecified atom stereocenters. The summed E-state index contributed by atoms with van der Waals surface area (Å²) < 4.78 is 5.99. The Hall–Kier alpha value is -2.73. The predicted octanol–water partition coefficient (Wildman–Crippen LogP) is 7.03. The predicted molar refractivity (Wildman–Crippen MR) is 134 cm³/mol. The van der Waals surface area contributed by atoms with Gasteiger partial charge in [0.2, 0.25) is 0 Å². The number of halogens is 2. The Morgan fingerprint density at radius 3 is 2.59 bits per heavy atom. The lowest BCUT2D eigenvalue weighted by atomic mass is 10.1. The van der Waals surface area contributed by atoms with Gasteiger partial charge in [-0.3, -0.25) is 4.79 Å². The number of hydrogen-bond donors (Lipinski definition) is 1. The zero-order chi connectivity index (χ0) is 22.5. The molecule has 1 aliphatic heterocycles. The van der Waals surface area contributed by atoms with Crippen LogP contribution in [0.3, 0.4) is 0 Å². The number of aryl methyl sites for hydroxylation is 1. The van der Waals surface area contributed by atoms with Crippen molar-refractivity contribution in [3.8, 4) is 5.75 Å². The van der Waals surface area contributed by atoms with E-state index in [-0.39, 0.29) is 12.5 Å². The van der Waals surface area contributed by atoms with Crippen LogP contribution in [0.5, 0.6) is 5.75 Å². The summed E-state index contributed by atoms with van der Waals surface area (Å²) in [5, 5.41) is 4.50. The third-order valence-electron chi connectivity index (χ3n) is 4.83. The van der Waals surface area contributed by atoms with Crippen molar-refractivity contribution in [1.29, 1.82) is 0 Å². The lowest BCUT2D eigenvalue weighted by molar-refractivity contribution is -0.115. The number of carbonyl (C=O) groups excluding carboxylic acids is 1. The van der Waals surface area contributed by atoms with E-state index in [0.29, 0.717) is 25.9 Å². The molecule has 4 rings (SSSR count). The first-order chi connectivity index (χ1) is 15.5. The van der Waals surface area contributed by atoms with Gasteiger partial charge in [0.15, 0.2) is 5.17 Å². The molecule has 0 aliphatic carbocycles. The molecule has 1 heterocycles. The summed E-state index contributed by atoms with van der Waals surface area (Å²) in [5.41, 5.74) is 3.67. The Morgan fingerprint density at radius 2 is 1.84 bits per heavy atom. The van der Waals surface area contributed by atoms with E-state index in [4.69, 9.17) is 27.9 Å². The van der Waals surface area contributed by atoms with E-state index in [1.165, 1.54) is 17.3 Å². The number of para-hydroxylation sites is 1. The first kappa shape index (κ1) is 22.5. The van der Waals surface area contributed by atoms with Gasteiger partial charge in [-0.05, 0) is 60.2 Å². The molecular weight excluding hydrogens is 463 g/mol. The summed E-state index contributed by atoms with van der Waals surface area (Å²) in [6.45, 7) is 2.40.